The van der Waals surface area contributed by atoms with E-state index in [0.717, 1.165) is 16.5 Å². The quantitative estimate of drug-likeness (QED) is 0.499. The lowest BCUT2D eigenvalue weighted by atomic mass is 10.1. The molecule has 5 rings (SSSR count). The Hall–Kier alpha value is -4.00. The lowest BCUT2D eigenvalue weighted by Gasteiger charge is -2.09. The van der Waals surface area contributed by atoms with Crippen molar-refractivity contribution in [3.8, 4) is 0 Å². The average molecular weight is 369 g/mol. The van der Waals surface area contributed by atoms with Gasteiger partial charge < -0.3 is 10.3 Å². The highest BCUT2D eigenvalue weighted by atomic mass is 16.2. The number of carbonyl (C=O) groups is 1. The normalized spacial score (nSPS) is 11.3. The van der Waals surface area contributed by atoms with E-state index in [-0.39, 0.29) is 11.5 Å². The maximum Gasteiger partial charge on any atom is 0.261 e. The number of para-hydroxylation sites is 1. The Morgan fingerprint density at radius 3 is 2.79 bits per heavy atom. The van der Waals surface area contributed by atoms with Crippen LogP contribution in [-0.2, 0) is 0 Å². The molecule has 0 atom stereocenters. The number of hydrogen-bond donors (Lipinski definition) is 2. The largest absolute Gasteiger partial charge is 0.321 e. The Balaban J connectivity index is 1.63. The number of aromatic amines is 1. The molecule has 0 radical (unpaired) electrons. The van der Waals surface area contributed by atoms with Gasteiger partial charge in [-0.3, -0.25) is 14.6 Å². The van der Waals surface area contributed by atoms with Gasteiger partial charge in [0, 0.05) is 11.6 Å². The number of benzene rings is 2. The highest BCUT2D eigenvalue weighted by Crippen LogP contribution is 2.25. The molecule has 0 unspecified atom stereocenters. The van der Waals surface area contributed by atoms with Gasteiger partial charge in [-0.15, -0.1) is 0 Å². The fourth-order valence-electron chi connectivity index (χ4n) is 3.46. The zero-order valence-electron chi connectivity index (χ0n) is 14.9. The second kappa shape index (κ2) is 6.02. The van der Waals surface area contributed by atoms with Crippen LogP contribution in [0, 0.1) is 6.92 Å². The van der Waals surface area contributed by atoms with Gasteiger partial charge in [0.2, 0.25) is 0 Å². The first-order valence-corrected chi connectivity index (χ1v) is 8.78. The molecular formula is C21H15N5O2. The second-order valence-corrected chi connectivity index (χ2v) is 6.57. The van der Waals surface area contributed by atoms with Crippen LogP contribution in [-0.4, -0.2) is 25.5 Å². The van der Waals surface area contributed by atoms with Crippen LogP contribution in [0.4, 0.5) is 5.69 Å². The molecule has 1 amide bonds. The number of H-pyrrole nitrogens is 1. The minimum absolute atomic E-state index is 0.261. The van der Waals surface area contributed by atoms with E-state index in [2.05, 4.69) is 20.4 Å². The summed E-state index contributed by atoms with van der Waals surface area (Å²) >= 11 is 0. The van der Waals surface area contributed by atoms with E-state index in [1.807, 2.05) is 37.3 Å². The number of anilines is 1. The number of hydrogen-bond acceptors (Lipinski definition) is 4. The summed E-state index contributed by atoms with van der Waals surface area (Å²) in [6.07, 6.45) is 3.18. The third-order valence-corrected chi connectivity index (χ3v) is 4.84. The van der Waals surface area contributed by atoms with E-state index in [1.54, 1.807) is 28.9 Å². The number of pyridine rings is 1. The summed E-state index contributed by atoms with van der Waals surface area (Å²) in [7, 11) is 0. The number of aromatic nitrogens is 4. The third kappa shape index (κ3) is 2.37. The van der Waals surface area contributed by atoms with Gasteiger partial charge in [0.05, 0.1) is 28.3 Å². The van der Waals surface area contributed by atoms with Crippen LogP contribution in [0.5, 0.6) is 0 Å². The fraction of sp³-hybridized carbons (Fsp3) is 0.0476. The summed E-state index contributed by atoms with van der Waals surface area (Å²) in [6.45, 7) is 1.97. The monoisotopic (exact) mass is 369 g/mol. The minimum Gasteiger partial charge on any atom is -0.321 e. The zero-order chi connectivity index (χ0) is 19.3. The van der Waals surface area contributed by atoms with Gasteiger partial charge in [-0.1, -0.05) is 18.2 Å². The predicted octanol–water partition coefficient (Wildman–Crippen LogP) is 3.28. The number of fused-ring (bicyclic) bond motifs is 4. The molecular weight excluding hydrogens is 354 g/mol. The fourth-order valence-corrected chi connectivity index (χ4v) is 3.46. The molecule has 28 heavy (non-hydrogen) atoms. The van der Waals surface area contributed by atoms with Crippen molar-refractivity contribution in [3.63, 3.8) is 0 Å². The first-order valence-electron chi connectivity index (χ1n) is 8.78. The van der Waals surface area contributed by atoms with Crippen LogP contribution in [0.15, 0.2) is 65.7 Å². The summed E-state index contributed by atoms with van der Waals surface area (Å²) < 4.78 is 1.57. The molecule has 7 nitrogen and oxygen atoms in total. The first-order chi connectivity index (χ1) is 13.6. The molecule has 2 N–H and O–H groups in total. The van der Waals surface area contributed by atoms with E-state index in [9.17, 15) is 9.59 Å². The Bertz CT molecular complexity index is 1450. The standard InChI is InChI=1S/C21H15N5O2/c1-12-8-9-16(13-6-4-10-22-18(12)13)24-21(28)15-11-23-26-17-7-3-2-5-14(17)20(27)25-19(15)26/h2-11H,1H3,(H,24,28)(H,25,27). The van der Waals surface area contributed by atoms with Gasteiger partial charge >= 0.3 is 0 Å². The summed E-state index contributed by atoms with van der Waals surface area (Å²) in [5.41, 5.74) is 3.55. The molecule has 3 aromatic heterocycles. The van der Waals surface area contributed by atoms with Crippen LogP contribution in [0.1, 0.15) is 15.9 Å². The molecule has 0 saturated heterocycles. The van der Waals surface area contributed by atoms with E-state index in [0.29, 0.717) is 27.8 Å². The van der Waals surface area contributed by atoms with Crippen molar-refractivity contribution in [2.75, 3.05) is 5.32 Å². The van der Waals surface area contributed by atoms with Crippen molar-refractivity contribution < 1.29 is 4.79 Å². The molecule has 0 aliphatic rings. The second-order valence-electron chi connectivity index (χ2n) is 6.57. The highest BCUT2D eigenvalue weighted by molar-refractivity contribution is 6.12. The maximum atomic E-state index is 13.0. The molecule has 3 heterocycles. The smallest absolute Gasteiger partial charge is 0.261 e. The van der Waals surface area contributed by atoms with E-state index >= 15 is 0 Å². The molecule has 0 fully saturated rings. The Morgan fingerprint density at radius 2 is 1.89 bits per heavy atom. The molecule has 0 saturated carbocycles. The molecule has 0 aliphatic carbocycles. The van der Waals surface area contributed by atoms with Crippen LogP contribution in [0.3, 0.4) is 0 Å². The van der Waals surface area contributed by atoms with Crippen molar-refractivity contribution in [1.82, 2.24) is 19.6 Å². The molecule has 136 valence electrons. The van der Waals surface area contributed by atoms with Crippen LogP contribution in [0.25, 0.3) is 27.5 Å². The average Bonchev–Trinajstić information content (AvgIpc) is 3.14. The Labute approximate surface area is 158 Å². The third-order valence-electron chi connectivity index (χ3n) is 4.84. The van der Waals surface area contributed by atoms with E-state index < -0.39 is 0 Å². The molecule has 0 spiro atoms. The lowest BCUT2D eigenvalue weighted by Crippen LogP contribution is -2.15. The maximum absolute atomic E-state index is 13.0. The number of aryl methyl sites for hydroxylation is 1. The number of rotatable bonds is 2. The summed E-state index contributed by atoms with van der Waals surface area (Å²) in [5.74, 6) is -0.352. The summed E-state index contributed by atoms with van der Waals surface area (Å²) in [6, 6.07) is 14.6. The van der Waals surface area contributed by atoms with Gasteiger partial charge in [0.15, 0.2) is 0 Å². The minimum atomic E-state index is -0.352. The van der Waals surface area contributed by atoms with Gasteiger partial charge in [0.25, 0.3) is 11.5 Å². The van der Waals surface area contributed by atoms with Gasteiger partial charge in [0.1, 0.15) is 11.2 Å². The first kappa shape index (κ1) is 16.2. The number of amides is 1. The molecule has 7 heteroatoms. The molecule has 5 aromatic rings. The SMILES string of the molecule is Cc1ccc(NC(=O)c2cnn3c2[nH]c(=O)c2ccccc23)c2cccnc12. The highest BCUT2D eigenvalue weighted by Gasteiger charge is 2.17. The predicted molar refractivity (Wildman–Crippen MR) is 108 cm³/mol. The van der Waals surface area contributed by atoms with Crippen LogP contribution >= 0.6 is 0 Å². The Morgan fingerprint density at radius 1 is 1.07 bits per heavy atom. The molecule has 0 aliphatic heterocycles. The van der Waals surface area contributed by atoms with Gasteiger partial charge in [-0.25, -0.2) is 4.52 Å². The van der Waals surface area contributed by atoms with E-state index in [4.69, 9.17) is 0 Å². The number of nitrogens with one attached hydrogen (secondary N) is 2. The zero-order valence-corrected chi connectivity index (χ0v) is 14.9. The van der Waals surface area contributed by atoms with Crippen LogP contribution in [0.2, 0.25) is 0 Å². The van der Waals surface area contributed by atoms with Crippen molar-refractivity contribution in [2.45, 2.75) is 6.92 Å². The number of nitrogens with zero attached hydrogens (tertiary/aromatic N) is 3. The number of carbonyl (C=O) groups excluding carboxylic acids is 1. The van der Waals surface area contributed by atoms with Crippen molar-refractivity contribution >= 4 is 39.0 Å². The topological polar surface area (TPSA) is 92.2 Å². The Kier molecular flexibility index (Phi) is 3.48. The van der Waals surface area contributed by atoms with Crippen molar-refractivity contribution in [2.24, 2.45) is 0 Å². The molecule has 0 bridgehead atoms. The summed E-state index contributed by atoms with van der Waals surface area (Å²) in [4.78, 5) is 32.5. The van der Waals surface area contributed by atoms with Crippen LogP contribution < -0.4 is 10.9 Å². The van der Waals surface area contributed by atoms with Crippen molar-refractivity contribution in [1.29, 1.82) is 0 Å². The molecule has 2 aromatic carbocycles. The van der Waals surface area contributed by atoms with E-state index in [1.165, 1.54) is 6.20 Å². The summed E-state index contributed by atoms with van der Waals surface area (Å²) in [5, 5.41) is 8.59. The van der Waals surface area contributed by atoms with Gasteiger partial charge in [-0.05, 0) is 42.8 Å². The van der Waals surface area contributed by atoms with Crippen molar-refractivity contribution in [3.05, 3.63) is 82.4 Å². The lowest BCUT2D eigenvalue weighted by molar-refractivity contribution is 0.102. The van der Waals surface area contributed by atoms with Gasteiger partial charge in [-0.2, -0.15) is 5.10 Å².